The highest BCUT2D eigenvalue weighted by Crippen LogP contribution is 2.34. The largest absolute Gasteiger partial charge is 0.512 e. The molecule has 0 aliphatic carbocycles. The molecule has 1 aromatic rings. The van der Waals surface area contributed by atoms with Crippen LogP contribution in [0.5, 0.6) is 0 Å². The molecule has 3 heteroatoms. The number of carbonyl (C=O) groups is 1. The first-order valence-electron chi connectivity index (χ1n) is 5.43. The van der Waals surface area contributed by atoms with Crippen molar-refractivity contribution in [2.24, 2.45) is 0 Å². The summed E-state index contributed by atoms with van der Waals surface area (Å²) in [5.74, 6) is -0.155. The molecule has 0 amide bonds. The zero-order valence-corrected chi connectivity index (χ0v) is 11.1. The lowest BCUT2D eigenvalue weighted by Crippen LogP contribution is -2.28. The number of aryl methyl sites for hydroxylation is 1. The summed E-state index contributed by atoms with van der Waals surface area (Å²) >= 11 is 0. The second-order valence-corrected chi connectivity index (χ2v) is 8.74. The van der Waals surface area contributed by atoms with Crippen molar-refractivity contribution in [2.75, 3.05) is 0 Å². The summed E-state index contributed by atoms with van der Waals surface area (Å²) < 4.78 is 5.48. The Balaban J connectivity index is 2.52. The fourth-order valence-corrected chi connectivity index (χ4v) is 3.44. The Morgan fingerprint density at radius 3 is 2.06 bits per heavy atom. The minimum absolute atomic E-state index is 0.155. The van der Waals surface area contributed by atoms with Gasteiger partial charge in [-0.1, -0.05) is 29.8 Å². The topological polar surface area (TPSA) is 26.3 Å². The lowest BCUT2D eigenvalue weighted by molar-refractivity contribution is -0.127. The Labute approximate surface area is 97.1 Å². The second-order valence-electron chi connectivity index (χ2n) is 4.77. The van der Waals surface area contributed by atoms with Gasteiger partial charge in [0.25, 0.3) is 8.32 Å². The van der Waals surface area contributed by atoms with Gasteiger partial charge in [-0.25, -0.2) is 4.79 Å². The summed E-state index contributed by atoms with van der Waals surface area (Å²) in [7, 11) is -1.94. The highest BCUT2D eigenvalue weighted by molar-refractivity contribution is 6.84. The van der Waals surface area contributed by atoms with Gasteiger partial charge in [0.15, 0.2) is 0 Å². The molecule has 0 fully saturated rings. The minimum atomic E-state index is -1.94. The molecule has 0 bridgehead atoms. The summed E-state index contributed by atoms with van der Waals surface area (Å²) in [6.45, 7) is 8.17. The van der Waals surface area contributed by atoms with Crippen molar-refractivity contribution in [3.63, 3.8) is 0 Å². The van der Waals surface area contributed by atoms with Gasteiger partial charge < -0.3 is 4.43 Å². The van der Waals surface area contributed by atoms with Crippen LogP contribution in [0.1, 0.15) is 18.1 Å². The SMILES string of the molecule is CC1=C(c2ccc(C)cc2)C(=O)O[Si]1(C)C. The van der Waals surface area contributed by atoms with E-state index in [1.165, 1.54) is 5.56 Å². The van der Waals surface area contributed by atoms with Crippen molar-refractivity contribution < 1.29 is 9.22 Å². The molecule has 1 heterocycles. The smallest absolute Gasteiger partial charge is 0.325 e. The normalized spacial score (nSPS) is 18.9. The van der Waals surface area contributed by atoms with Crippen LogP contribution >= 0.6 is 0 Å². The molecule has 0 spiro atoms. The van der Waals surface area contributed by atoms with E-state index in [4.69, 9.17) is 4.43 Å². The molecule has 0 unspecified atom stereocenters. The van der Waals surface area contributed by atoms with E-state index in [0.717, 1.165) is 16.3 Å². The van der Waals surface area contributed by atoms with E-state index in [-0.39, 0.29) is 5.97 Å². The molecule has 2 nitrogen and oxygen atoms in total. The number of hydrogen-bond donors (Lipinski definition) is 0. The first-order valence-corrected chi connectivity index (χ1v) is 8.34. The number of rotatable bonds is 1. The molecule has 0 saturated carbocycles. The average molecular weight is 232 g/mol. The maximum absolute atomic E-state index is 11.8. The zero-order valence-electron chi connectivity index (χ0n) is 10.1. The van der Waals surface area contributed by atoms with Crippen LogP contribution in [0.3, 0.4) is 0 Å². The van der Waals surface area contributed by atoms with Crippen LogP contribution in [0.4, 0.5) is 0 Å². The van der Waals surface area contributed by atoms with Gasteiger partial charge in [0.05, 0.1) is 5.57 Å². The Morgan fingerprint density at radius 1 is 1.06 bits per heavy atom. The number of benzene rings is 1. The van der Waals surface area contributed by atoms with Crippen molar-refractivity contribution in [1.29, 1.82) is 0 Å². The molecular weight excluding hydrogens is 216 g/mol. The van der Waals surface area contributed by atoms with Crippen LogP contribution in [-0.4, -0.2) is 14.3 Å². The summed E-state index contributed by atoms with van der Waals surface area (Å²) in [5, 5.41) is 1.14. The molecule has 16 heavy (non-hydrogen) atoms. The fraction of sp³-hybridized carbons (Fsp3) is 0.308. The van der Waals surface area contributed by atoms with Gasteiger partial charge in [0.2, 0.25) is 0 Å². The van der Waals surface area contributed by atoms with E-state index >= 15 is 0 Å². The van der Waals surface area contributed by atoms with Crippen molar-refractivity contribution in [3.05, 3.63) is 40.6 Å². The van der Waals surface area contributed by atoms with Gasteiger partial charge >= 0.3 is 5.97 Å². The maximum Gasteiger partial charge on any atom is 0.325 e. The number of carbonyl (C=O) groups excluding carboxylic acids is 1. The van der Waals surface area contributed by atoms with Crippen molar-refractivity contribution in [3.8, 4) is 0 Å². The summed E-state index contributed by atoms with van der Waals surface area (Å²) in [6, 6.07) is 8.03. The maximum atomic E-state index is 11.8. The highest BCUT2D eigenvalue weighted by atomic mass is 28.4. The predicted molar refractivity (Wildman–Crippen MR) is 67.3 cm³/mol. The molecule has 0 saturated heterocycles. The highest BCUT2D eigenvalue weighted by Gasteiger charge is 2.40. The molecule has 0 N–H and O–H groups in total. The standard InChI is InChI=1S/C13H16O2Si/c1-9-5-7-11(8-6-9)12-10(2)16(3,4)15-13(12)14/h5-8H,1-4H3. The third kappa shape index (κ3) is 1.71. The van der Waals surface area contributed by atoms with Gasteiger partial charge in [-0.2, -0.15) is 0 Å². The quantitative estimate of drug-likeness (QED) is 0.696. The summed E-state index contributed by atoms with van der Waals surface area (Å²) in [4.78, 5) is 11.8. The van der Waals surface area contributed by atoms with Gasteiger partial charge in [0, 0.05) is 0 Å². The zero-order chi connectivity index (χ0) is 11.9. The first-order chi connectivity index (χ1) is 7.42. The van der Waals surface area contributed by atoms with E-state index in [0.29, 0.717) is 0 Å². The third-order valence-electron chi connectivity index (χ3n) is 3.17. The van der Waals surface area contributed by atoms with Crippen LogP contribution < -0.4 is 0 Å². The predicted octanol–water partition coefficient (Wildman–Crippen LogP) is 3.07. The average Bonchev–Trinajstić information content (AvgIpc) is 2.39. The number of allylic oxidation sites excluding steroid dienone is 1. The van der Waals surface area contributed by atoms with Crippen molar-refractivity contribution >= 4 is 19.9 Å². The van der Waals surface area contributed by atoms with Crippen LogP contribution in [0, 0.1) is 6.92 Å². The van der Waals surface area contributed by atoms with Gasteiger partial charge in [-0.15, -0.1) is 0 Å². The van der Waals surface area contributed by atoms with E-state index in [9.17, 15) is 4.79 Å². The Morgan fingerprint density at radius 2 is 1.62 bits per heavy atom. The monoisotopic (exact) mass is 232 g/mol. The molecule has 0 radical (unpaired) electrons. The molecule has 1 aliphatic heterocycles. The van der Waals surface area contributed by atoms with E-state index in [1.807, 2.05) is 38.1 Å². The Hall–Kier alpha value is -1.35. The van der Waals surface area contributed by atoms with E-state index in [1.54, 1.807) is 0 Å². The Bertz CT molecular complexity index is 469. The Kier molecular flexibility index (Phi) is 2.50. The van der Waals surface area contributed by atoms with Gasteiger partial charge in [0.1, 0.15) is 0 Å². The lowest BCUT2D eigenvalue weighted by atomic mass is 10.0. The number of hydrogen-bond acceptors (Lipinski definition) is 2. The third-order valence-corrected chi connectivity index (χ3v) is 5.92. The molecule has 84 valence electrons. The lowest BCUT2D eigenvalue weighted by Gasteiger charge is -2.14. The van der Waals surface area contributed by atoms with Crippen LogP contribution in [0.2, 0.25) is 13.1 Å². The van der Waals surface area contributed by atoms with E-state index < -0.39 is 8.32 Å². The van der Waals surface area contributed by atoms with Crippen LogP contribution in [0.15, 0.2) is 29.5 Å². The molecule has 0 aromatic heterocycles. The van der Waals surface area contributed by atoms with Crippen LogP contribution in [0.25, 0.3) is 5.57 Å². The molecule has 0 atom stereocenters. The summed E-state index contributed by atoms with van der Waals surface area (Å²) in [6.07, 6.45) is 0. The molecule has 2 rings (SSSR count). The molecular formula is C13H16O2Si. The van der Waals surface area contributed by atoms with Crippen molar-refractivity contribution in [2.45, 2.75) is 26.9 Å². The molecule has 1 aliphatic rings. The first kappa shape index (κ1) is 11.1. The molecule has 1 aromatic carbocycles. The fourth-order valence-electron chi connectivity index (χ4n) is 1.87. The van der Waals surface area contributed by atoms with Crippen LogP contribution in [-0.2, 0) is 9.22 Å². The minimum Gasteiger partial charge on any atom is -0.512 e. The summed E-state index contributed by atoms with van der Waals surface area (Å²) in [5.41, 5.74) is 2.95. The van der Waals surface area contributed by atoms with E-state index in [2.05, 4.69) is 13.1 Å². The second kappa shape index (κ2) is 3.59. The van der Waals surface area contributed by atoms with Gasteiger partial charge in [-0.05, 0) is 37.7 Å². The van der Waals surface area contributed by atoms with Crippen molar-refractivity contribution in [1.82, 2.24) is 0 Å². The van der Waals surface area contributed by atoms with Gasteiger partial charge in [-0.3, -0.25) is 0 Å².